The number of halogens is 3. The molecule has 2 aromatic rings. The van der Waals surface area contributed by atoms with Crippen LogP contribution < -0.4 is 0 Å². The van der Waals surface area contributed by atoms with Gasteiger partial charge in [-0.1, -0.05) is 15.9 Å². The summed E-state index contributed by atoms with van der Waals surface area (Å²) in [5.74, 6) is 0.969. The van der Waals surface area contributed by atoms with E-state index >= 15 is 0 Å². The van der Waals surface area contributed by atoms with Gasteiger partial charge in [-0.05, 0) is 56.5 Å². The highest BCUT2D eigenvalue weighted by Crippen LogP contribution is 2.42. The Balaban J connectivity index is 2.36. The molecule has 2 aromatic heterocycles. The molecule has 0 saturated heterocycles. The molecule has 1 unspecified atom stereocenters. The fourth-order valence-corrected chi connectivity index (χ4v) is 4.21. The third-order valence-electron chi connectivity index (χ3n) is 2.05. The summed E-state index contributed by atoms with van der Waals surface area (Å²) in [4.78, 5) is 1.34. The van der Waals surface area contributed by atoms with Crippen molar-refractivity contribution in [2.45, 2.75) is 11.8 Å². The first-order valence-corrected chi connectivity index (χ1v) is 7.54. The largest absolute Gasteiger partial charge is 0.467 e. The smallest absolute Gasteiger partial charge is 0.125 e. The van der Waals surface area contributed by atoms with Crippen molar-refractivity contribution in [1.29, 1.82) is 0 Å². The van der Waals surface area contributed by atoms with E-state index in [9.17, 15) is 0 Å². The predicted molar refractivity (Wildman–Crippen MR) is 73.9 cm³/mol. The Labute approximate surface area is 117 Å². The summed E-state index contributed by atoms with van der Waals surface area (Å²) in [7, 11) is 0. The van der Waals surface area contributed by atoms with Crippen LogP contribution in [-0.4, -0.2) is 0 Å². The zero-order chi connectivity index (χ0) is 11.0. The standard InChI is InChI=1S/C10H7Br3OS/c1-5-2-3-14-9(5)8(12)7-4-6(11)10(13)15-7/h2-4,8H,1H3. The zero-order valence-electron chi connectivity index (χ0n) is 7.76. The third kappa shape index (κ3) is 2.40. The van der Waals surface area contributed by atoms with Gasteiger partial charge in [0.25, 0.3) is 0 Å². The molecule has 0 aliphatic rings. The Hall–Kier alpha value is 0.420. The summed E-state index contributed by atoms with van der Waals surface area (Å²) in [6.07, 6.45) is 1.72. The third-order valence-corrected chi connectivity index (χ3v) is 6.58. The van der Waals surface area contributed by atoms with Crippen molar-refractivity contribution in [1.82, 2.24) is 0 Å². The van der Waals surface area contributed by atoms with Crippen molar-refractivity contribution < 1.29 is 4.42 Å². The molecule has 0 bridgehead atoms. The van der Waals surface area contributed by atoms with Crippen LogP contribution in [-0.2, 0) is 0 Å². The van der Waals surface area contributed by atoms with Crippen LogP contribution in [0.25, 0.3) is 0 Å². The molecule has 5 heteroatoms. The van der Waals surface area contributed by atoms with E-state index in [2.05, 4.69) is 53.9 Å². The van der Waals surface area contributed by atoms with Crippen LogP contribution in [0.4, 0.5) is 0 Å². The highest BCUT2D eigenvalue weighted by molar-refractivity contribution is 9.13. The quantitative estimate of drug-likeness (QED) is 0.578. The Morgan fingerprint density at radius 3 is 2.60 bits per heavy atom. The Morgan fingerprint density at radius 2 is 2.13 bits per heavy atom. The number of furan rings is 1. The van der Waals surface area contributed by atoms with Crippen molar-refractivity contribution >= 4 is 59.1 Å². The van der Waals surface area contributed by atoms with Crippen molar-refractivity contribution in [3.05, 3.63) is 42.9 Å². The van der Waals surface area contributed by atoms with Gasteiger partial charge >= 0.3 is 0 Å². The highest BCUT2D eigenvalue weighted by Gasteiger charge is 2.19. The molecule has 0 N–H and O–H groups in total. The minimum atomic E-state index is 0.125. The molecule has 0 fully saturated rings. The minimum absolute atomic E-state index is 0.125. The maximum atomic E-state index is 5.46. The van der Waals surface area contributed by atoms with Gasteiger partial charge in [-0.3, -0.25) is 0 Å². The average Bonchev–Trinajstić information content (AvgIpc) is 2.74. The fraction of sp³-hybridized carbons (Fsp3) is 0.200. The van der Waals surface area contributed by atoms with Crippen LogP contribution in [0.3, 0.4) is 0 Å². The molecule has 0 amide bonds. The second-order valence-corrected chi connectivity index (χ2v) is 7.27. The van der Waals surface area contributed by atoms with E-state index in [0.29, 0.717) is 0 Å². The molecule has 80 valence electrons. The number of hydrogen-bond donors (Lipinski definition) is 0. The van der Waals surface area contributed by atoms with Gasteiger partial charge in [-0.25, -0.2) is 0 Å². The van der Waals surface area contributed by atoms with Gasteiger partial charge in [0.15, 0.2) is 0 Å². The molecule has 15 heavy (non-hydrogen) atoms. The predicted octanol–water partition coefficient (Wildman–Crippen LogP) is 5.66. The van der Waals surface area contributed by atoms with Crippen LogP contribution >= 0.6 is 59.1 Å². The number of alkyl halides is 1. The molecule has 0 spiro atoms. The lowest BCUT2D eigenvalue weighted by Gasteiger charge is -2.04. The molecule has 0 aliphatic carbocycles. The lowest BCUT2D eigenvalue weighted by atomic mass is 10.2. The molecule has 0 radical (unpaired) electrons. The van der Waals surface area contributed by atoms with E-state index in [4.69, 9.17) is 4.42 Å². The summed E-state index contributed by atoms with van der Waals surface area (Å²) in [6, 6.07) is 4.07. The fourth-order valence-electron chi connectivity index (χ4n) is 1.26. The number of thiophene rings is 1. The minimum Gasteiger partial charge on any atom is -0.467 e. The van der Waals surface area contributed by atoms with Gasteiger partial charge in [0.1, 0.15) is 10.6 Å². The maximum Gasteiger partial charge on any atom is 0.125 e. The number of aryl methyl sites for hydroxylation is 1. The maximum absolute atomic E-state index is 5.46. The van der Waals surface area contributed by atoms with Gasteiger partial charge in [0, 0.05) is 9.35 Å². The molecule has 1 nitrogen and oxygen atoms in total. The van der Waals surface area contributed by atoms with Gasteiger partial charge < -0.3 is 4.42 Å². The van der Waals surface area contributed by atoms with Crippen LogP contribution in [0.2, 0.25) is 0 Å². The summed E-state index contributed by atoms with van der Waals surface area (Å²) in [6.45, 7) is 2.05. The first-order chi connectivity index (χ1) is 7.09. The second-order valence-electron chi connectivity index (χ2n) is 3.10. The van der Waals surface area contributed by atoms with Crippen molar-refractivity contribution in [2.24, 2.45) is 0 Å². The molecule has 0 aromatic carbocycles. The molecule has 2 rings (SSSR count). The summed E-state index contributed by atoms with van der Waals surface area (Å²) >= 11 is 12.3. The number of rotatable bonds is 2. The van der Waals surface area contributed by atoms with Gasteiger partial charge in [0.2, 0.25) is 0 Å². The Bertz CT molecular complexity index is 455. The SMILES string of the molecule is Cc1ccoc1C(Br)c1cc(Br)c(Br)s1. The summed E-state index contributed by atoms with van der Waals surface area (Å²) in [5.41, 5.74) is 1.16. The summed E-state index contributed by atoms with van der Waals surface area (Å²) < 4.78 is 7.64. The van der Waals surface area contributed by atoms with Crippen molar-refractivity contribution in [3.63, 3.8) is 0 Å². The zero-order valence-corrected chi connectivity index (χ0v) is 13.3. The van der Waals surface area contributed by atoms with Crippen LogP contribution in [0.5, 0.6) is 0 Å². The first-order valence-electron chi connectivity index (χ1n) is 4.22. The monoisotopic (exact) mass is 412 g/mol. The Kier molecular flexibility index (Phi) is 3.75. The molecule has 0 aliphatic heterocycles. The van der Waals surface area contributed by atoms with E-state index < -0.39 is 0 Å². The molecule has 2 heterocycles. The van der Waals surface area contributed by atoms with E-state index in [-0.39, 0.29) is 4.83 Å². The summed E-state index contributed by atoms with van der Waals surface area (Å²) in [5, 5.41) is 0. The Morgan fingerprint density at radius 1 is 1.40 bits per heavy atom. The lowest BCUT2D eigenvalue weighted by Crippen LogP contribution is -1.88. The van der Waals surface area contributed by atoms with E-state index in [1.807, 2.05) is 13.0 Å². The van der Waals surface area contributed by atoms with Gasteiger partial charge in [-0.15, -0.1) is 11.3 Å². The number of hydrogen-bond acceptors (Lipinski definition) is 2. The molecular weight excluding hydrogens is 408 g/mol. The molecular formula is C10H7Br3OS. The van der Waals surface area contributed by atoms with Crippen LogP contribution in [0.1, 0.15) is 21.0 Å². The average molecular weight is 415 g/mol. The topological polar surface area (TPSA) is 13.1 Å². The normalized spacial score (nSPS) is 13.1. The van der Waals surface area contributed by atoms with Crippen LogP contribution in [0, 0.1) is 6.92 Å². The lowest BCUT2D eigenvalue weighted by molar-refractivity contribution is 0.518. The van der Waals surface area contributed by atoms with E-state index in [0.717, 1.165) is 19.6 Å². The van der Waals surface area contributed by atoms with Crippen LogP contribution in [0.15, 0.2) is 31.1 Å². The van der Waals surface area contributed by atoms with E-state index in [1.54, 1.807) is 17.6 Å². The molecule has 1 atom stereocenters. The van der Waals surface area contributed by atoms with Crippen molar-refractivity contribution in [2.75, 3.05) is 0 Å². The second kappa shape index (κ2) is 4.73. The van der Waals surface area contributed by atoms with Gasteiger partial charge in [0.05, 0.1) is 10.0 Å². The highest BCUT2D eigenvalue weighted by atomic mass is 79.9. The van der Waals surface area contributed by atoms with E-state index in [1.165, 1.54) is 4.88 Å². The molecule has 0 saturated carbocycles. The van der Waals surface area contributed by atoms with Gasteiger partial charge in [-0.2, -0.15) is 0 Å². The van der Waals surface area contributed by atoms with Crippen molar-refractivity contribution in [3.8, 4) is 0 Å². The first kappa shape index (κ1) is 11.9.